The lowest BCUT2D eigenvalue weighted by atomic mass is 9.92. The highest BCUT2D eigenvalue weighted by molar-refractivity contribution is 7.80. The Morgan fingerprint density at radius 2 is 1.09 bits per heavy atom. The molecule has 0 N–H and O–H groups in total. The van der Waals surface area contributed by atoms with Gasteiger partial charge in [0.25, 0.3) is 0 Å². The number of rotatable bonds is 6. The van der Waals surface area contributed by atoms with E-state index in [1.54, 1.807) is 14.2 Å². The van der Waals surface area contributed by atoms with E-state index in [9.17, 15) is 0 Å². The van der Waals surface area contributed by atoms with Crippen molar-refractivity contribution in [2.75, 3.05) is 14.2 Å². The first kappa shape index (κ1) is 23.1. The van der Waals surface area contributed by atoms with Crippen LogP contribution in [0.15, 0.2) is 78.9 Å². The lowest BCUT2D eigenvalue weighted by molar-refractivity contribution is 0.408. The monoisotopic (exact) mass is 454 g/mol. The first-order chi connectivity index (χ1) is 16.0. The number of benzene rings is 4. The van der Waals surface area contributed by atoms with Gasteiger partial charge < -0.3 is 9.47 Å². The summed E-state index contributed by atoms with van der Waals surface area (Å²) in [6.07, 6.45) is 0. The normalized spacial score (nSPS) is 11.0. The van der Waals surface area contributed by atoms with Crippen LogP contribution in [-0.2, 0) is 0 Å². The lowest BCUT2D eigenvalue weighted by Gasteiger charge is -2.27. The Bertz CT molecular complexity index is 1220. The molecule has 0 heterocycles. The Hall–Kier alpha value is -3.09. The standard InChI is InChI=1S/C30H31O2P/c1-20-17-18-26(22(3)29(20)31-5)28-23(4)30(32-6)21(2)19-27(28)33(24-13-9-7-10-14-24)25-15-11-8-12-16-25/h7-19H,1-6H3. The molecular weight excluding hydrogens is 423 g/mol. The van der Waals surface area contributed by atoms with Gasteiger partial charge in [0.05, 0.1) is 14.2 Å². The van der Waals surface area contributed by atoms with Crippen molar-refractivity contribution in [1.82, 2.24) is 0 Å². The molecule has 0 unspecified atom stereocenters. The topological polar surface area (TPSA) is 18.5 Å². The maximum absolute atomic E-state index is 5.88. The SMILES string of the molecule is COc1c(C)ccc(-c2c(P(c3ccccc3)c3ccccc3)cc(C)c(OC)c2C)c1C. The molecule has 4 aromatic rings. The molecule has 168 valence electrons. The van der Waals surface area contributed by atoms with Crippen LogP contribution in [0, 0.1) is 27.7 Å². The smallest absolute Gasteiger partial charge is 0.125 e. The molecule has 0 aliphatic rings. The summed E-state index contributed by atoms with van der Waals surface area (Å²) in [6.45, 7) is 8.58. The number of hydrogen-bond donors (Lipinski definition) is 0. The highest BCUT2D eigenvalue weighted by atomic mass is 31.1. The Labute approximate surface area is 199 Å². The molecule has 4 aromatic carbocycles. The van der Waals surface area contributed by atoms with Gasteiger partial charge in [-0.2, -0.15) is 0 Å². The molecule has 0 aromatic heterocycles. The summed E-state index contributed by atoms with van der Waals surface area (Å²) >= 11 is 0. The van der Waals surface area contributed by atoms with Gasteiger partial charge in [0.2, 0.25) is 0 Å². The molecule has 0 saturated carbocycles. The third kappa shape index (κ3) is 4.28. The zero-order valence-electron chi connectivity index (χ0n) is 20.3. The van der Waals surface area contributed by atoms with Crippen molar-refractivity contribution < 1.29 is 9.47 Å². The zero-order chi connectivity index (χ0) is 23.5. The molecule has 33 heavy (non-hydrogen) atoms. The maximum atomic E-state index is 5.88. The number of ether oxygens (including phenoxy) is 2. The van der Waals surface area contributed by atoms with Crippen LogP contribution in [0.4, 0.5) is 0 Å². The lowest BCUT2D eigenvalue weighted by Crippen LogP contribution is -2.23. The van der Waals surface area contributed by atoms with Crippen LogP contribution < -0.4 is 25.4 Å². The van der Waals surface area contributed by atoms with Crippen LogP contribution in [0.1, 0.15) is 22.3 Å². The van der Waals surface area contributed by atoms with Gasteiger partial charge >= 0.3 is 0 Å². The summed E-state index contributed by atoms with van der Waals surface area (Å²) in [5.41, 5.74) is 7.06. The minimum absolute atomic E-state index is 0.771. The average Bonchev–Trinajstić information content (AvgIpc) is 2.82. The number of aryl methyl sites for hydroxylation is 2. The van der Waals surface area contributed by atoms with Crippen molar-refractivity contribution in [3.63, 3.8) is 0 Å². The van der Waals surface area contributed by atoms with E-state index in [-0.39, 0.29) is 0 Å². The van der Waals surface area contributed by atoms with Crippen molar-refractivity contribution in [3.8, 4) is 22.6 Å². The molecule has 4 rings (SSSR count). The molecule has 0 atom stereocenters. The van der Waals surface area contributed by atoms with Gasteiger partial charge in [-0.1, -0.05) is 72.8 Å². The van der Waals surface area contributed by atoms with Gasteiger partial charge in [-0.3, -0.25) is 0 Å². The highest BCUT2D eigenvalue weighted by Gasteiger charge is 2.26. The Morgan fingerprint density at radius 1 is 0.576 bits per heavy atom. The molecular formula is C30H31O2P. The maximum Gasteiger partial charge on any atom is 0.125 e. The quantitative estimate of drug-likeness (QED) is 0.316. The Balaban J connectivity index is 2.11. The van der Waals surface area contributed by atoms with Gasteiger partial charge in [-0.05, 0) is 91.0 Å². The van der Waals surface area contributed by atoms with Crippen LogP contribution >= 0.6 is 7.92 Å². The van der Waals surface area contributed by atoms with Crippen LogP contribution in [0.3, 0.4) is 0 Å². The zero-order valence-corrected chi connectivity index (χ0v) is 21.2. The van der Waals surface area contributed by atoms with E-state index in [4.69, 9.17) is 9.47 Å². The van der Waals surface area contributed by atoms with Crippen molar-refractivity contribution in [2.24, 2.45) is 0 Å². The number of methoxy groups -OCH3 is 2. The summed E-state index contributed by atoms with van der Waals surface area (Å²) < 4.78 is 11.7. The Kier molecular flexibility index (Phi) is 6.86. The van der Waals surface area contributed by atoms with E-state index >= 15 is 0 Å². The molecule has 0 aliphatic carbocycles. The predicted octanol–water partition coefficient (Wildman–Crippen LogP) is 6.36. The van der Waals surface area contributed by atoms with E-state index in [0.717, 1.165) is 28.2 Å². The van der Waals surface area contributed by atoms with E-state index < -0.39 is 7.92 Å². The van der Waals surface area contributed by atoms with E-state index in [1.807, 2.05) is 0 Å². The molecule has 0 saturated heterocycles. The largest absolute Gasteiger partial charge is 0.496 e. The summed E-state index contributed by atoms with van der Waals surface area (Å²) in [5.74, 6) is 1.89. The van der Waals surface area contributed by atoms with Crippen molar-refractivity contribution in [3.05, 3.63) is 101 Å². The van der Waals surface area contributed by atoms with Gasteiger partial charge in [0.15, 0.2) is 0 Å². The molecule has 0 aliphatic heterocycles. The van der Waals surface area contributed by atoms with Crippen molar-refractivity contribution in [2.45, 2.75) is 27.7 Å². The summed E-state index contributed by atoms with van der Waals surface area (Å²) in [6, 6.07) is 28.4. The third-order valence-electron chi connectivity index (χ3n) is 6.23. The first-order valence-electron chi connectivity index (χ1n) is 11.2. The molecule has 0 spiro atoms. The fourth-order valence-corrected chi connectivity index (χ4v) is 7.40. The fraction of sp³-hybridized carbons (Fsp3) is 0.200. The minimum Gasteiger partial charge on any atom is -0.496 e. The van der Waals surface area contributed by atoms with Crippen molar-refractivity contribution >= 4 is 23.8 Å². The molecule has 0 fully saturated rings. The van der Waals surface area contributed by atoms with Crippen LogP contribution in [0.2, 0.25) is 0 Å². The second-order valence-corrected chi connectivity index (χ2v) is 10.5. The van der Waals surface area contributed by atoms with Crippen LogP contribution in [0.25, 0.3) is 11.1 Å². The fourth-order valence-electron chi connectivity index (χ4n) is 4.77. The van der Waals surface area contributed by atoms with Gasteiger partial charge in [0.1, 0.15) is 11.5 Å². The average molecular weight is 455 g/mol. The molecule has 0 bridgehead atoms. The molecule has 0 amide bonds. The number of hydrogen-bond acceptors (Lipinski definition) is 2. The van der Waals surface area contributed by atoms with Gasteiger partial charge in [0, 0.05) is 0 Å². The third-order valence-corrected chi connectivity index (χ3v) is 8.70. The van der Waals surface area contributed by atoms with E-state index in [0.29, 0.717) is 0 Å². The first-order valence-corrected chi connectivity index (χ1v) is 12.5. The van der Waals surface area contributed by atoms with Crippen molar-refractivity contribution in [1.29, 1.82) is 0 Å². The predicted molar refractivity (Wildman–Crippen MR) is 143 cm³/mol. The van der Waals surface area contributed by atoms with Crippen LogP contribution in [0.5, 0.6) is 11.5 Å². The summed E-state index contributed by atoms with van der Waals surface area (Å²) in [4.78, 5) is 0. The van der Waals surface area contributed by atoms with E-state index in [1.165, 1.54) is 32.6 Å². The Morgan fingerprint density at radius 3 is 1.61 bits per heavy atom. The van der Waals surface area contributed by atoms with Gasteiger partial charge in [-0.25, -0.2) is 0 Å². The van der Waals surface area contributed by atoms with Crippen LogP contribution in [-0.4, -0.2) is 14.2 Å². The second-order valence-electron chi connectivity index (χ2n) is 8.34. The minimum atomic E-state index is -0.771. The highest BCUT2D eigenvalue weighted by Crippen LogP contribution is 2.44. The van der Waals surface area contributed by atoms with Gasteiger partial charge in [-0.15, -0.1) is 0 Å². The second kappa shape index (κ2) is 9.81. The molecule has 0 radical (unpaired) electrons. The van der Waals surface area contributed by atoms with E-state index in [2.05, 4.69) is 107 Å². The summed E-state index contributed by atoms with van der Waals surface area (Å²) in [5, 5.41) is 4.01. The molecule has 3 heteroatoms. The molecule has 2 nitrogen and oxygen atoms in total. The summed E-state index contributed by atoms with van der Waals surface area (Å²) in [7, 11) is 2.75.